The van der Waals surface area contributed by atoms with E-state index in [0.717, 1.165) is 26.4 Å². The molecule has 108 valence electrons. The summed E-state index contributed by atoms with van der Waals surface area (Å²) < 4.78 is 0. The Morgan fingerprint density at radius 2 is 2.10 bits per heavy atom. The number of hydrogen-bond donors (Lipinski definition) is 2. The van der Waals surface area contributed by atoms with E-state index in [1.807, 2.05) is 44.2 Å². The van der Waals surface area contributed by atoms with Crippen LogP contribution in [0.25, 0.3) is 0 Å². The zero-order valence-electron chi connectivity index (χ0n) is 12.2. The van der Waals surface area contributed by atoms with Gasteiger partial charge in [-0.1, -0.05) is 24.0 Å². The molecule has 2 aromatic rings. The van der Waals surface area contributed by atoms with Gasteiger partial charge in [0.1, 0.15) is 0 Å². The molecule has 0 atom stereocenters. The van der Waals surface area contributed by atoms with E-state index in [2.05, 4.69) is 17.2 Å². The molecule has 0 fully saturated rings. The fraction of sp³-hybridized carbons (Fsp3) is 0.235. The summed E-state index contributed by atoms with van der Waals surface area (Å²) in [5.41, 5.74) is 8.22. The van der Waals surface area contributed by atoms with Crippen LogP contribution in [-0.4, -0.2) is 12.5 Å². The Balaban J connectivity index is 2.01. The van der Waals surface area contributed by atoms with Gasteiger partial charge in [-0.3, -0.25) is 4.79 Å². The van der Waals surface area contributed by atoms with Crippen LogP contribution in [0, 0.1) is 25.7 Å². The van der Waals surface area contributed by atoms with Gasteiger partial charge in [0, 0.05) is 10.4 Å². The first-order valence-electron chi connectivity index (χ1n) is 6.74. The molecule has 21 heavy (non-hydrogen) atoms. The van der Waals surface area contributed by atoms with E-state index in [1.165, 1.54) is 0 Å². The molecule has 0 aliphatic rings. The van der Waals surface area contributed by atoms with Crippen molar-refractivity contribution in [1.29, 1.82) is 0 Å². The molecule has 0 aliphatic carbocycles. The molecular weight excluding hydrogens is 280 g/mol. The minimum absolute atomic E-state index is 0.0424. The molecule has 0 saturated heterocycles. The molecule has 0 saturated carbocycles. The van der Waals surface area contributed by atoms with Crippen LogP contribution >= 0.6 is 11.3 Å². The van der Waals surface area contributed by atoms with Crippen molar-refractivity contribution in [2.24, 2.45) is 5.73 Å². The molecular formula is C17H18N2OS. The van der Waals surface area contributed by atoms with Crippen LogP contribution in [-0.2, 0) is 6.54 Å². The number of carbonyl (C=O) groups is 1. The van der Waals surface area contributed by atoms with Gasteiger partial charge in [-0.2, -0.15) is 0 Å². The van der Waals surface area contributed by atoms with Crippen molar-refractivity contribution in [3.05, 3.63) is 56.8 Å². The largest absolute Gasteiger partial charge is 0.347 e. The molecule has 0 aliphatic heterocycles. The maximum atomic E-state index is 12.2. The number of nitrogens with one attached hydrogen (secondary N) is 1. The van der Waals surface area contributed by atoms with Gasteiger partial charge in [0.25, 0.3) is 5.91 Å². The highest BCUT2D eigenvalue weighted by atomic mass is 32.1. The van der Waals surface area contributed by atoms with Crippen LogP contribution in [0.15, 0.2) is 30.3 Å². The first kappa shape index (κ1) is 15.3. The number of hydrogen-bond acceptors (Lipinski definition) is 3. The van der Waals surface area contributed by atoms with Crippen molar-refractivity contribution >= 4 is 17.2 Å². The summed E-state index contributed by atoms with van der Waals surface area (Å²) in [6, 6.07) is 9.70. The third kappa shape index (κ3) is 3.94. The first-order valence-corrected chi connectivity index (χ1v) is 7.55. The van der Waals surface area contributed by atoms with Crippen LogP contribution < -0.4 is 11.1 Å². The fourth-order valence-corrected chi connectivity index (χ4v) is 2.76. The molecule has 4 heteroatoms. The van der Waals surface area contributed by atoms with E-state index >= 15 is 0 Å². The topological polar surface area (TPSA) is 55.1 Å². The molecule has 0 radical (unpaired) electrons. The van der Waals surface area contributed by atoms with Crippen LogP contribution in [0.2, 0.25) is 0 Å². The van der Waals surface area contributed by atoms with Gasteiger partial charge in [-0.05, 0) is 43.2 Å². The Kier molecular flexibility index (Phi) is 5.15. The number of aryl methyl sites for hydroxylation is 1. The van der Waals surface area contributed by atoms with Crippen molar-refractivity contribution < 1.29 is 4.79 Å². The van der Waals surface area contributed by atoms with E-state index in [4.69, 9.17) is 5.73 Å². The quantitative estimate of drug-likeness (QED) is 0.856. The SMILES string of the molecule is Cc1cccc(C(=O)NCc2ccc(C#CCN)s2)c1C. The molecule has 1 aromatic carbocycles. The number of thiophene rings is 1. The lowest BCUT2D eigenvalue weighted by Gasteiger charge is -2.08. The minimum atomic E-state index is -0.0424. The van der Waals surface area contributed by atoms with E-state index < -0.39 is 0 Å². The number of nitrogens with two attached hydrogens (primary N) is 1. The van der Waals surface area contributed by atoms with Gasteiger partial charge in [0.2, 0.25) is 0 Å². The Labute approximate surface area is 129 Å². The smallest absolute Gasteiger partial charge is 0.251 e. The second kappa shape index (κ2) is 7.07. The first-order chi connectivity index (χ1) is 10.1. The van der Waals surface area contributed by atoms with Gasteiger partial charge >= 0.3 is 0 Å². The molecule has 0 bridgehead atoms. The summed E-state index contributed by atoms with van der Waals surface area (Å²) >= 11 is 1.57. The van der Waals surface area contributed by atoms with Gasteiger partial charge in [0.15, 0.2) is 0 Å². The predicted octanol–water partition coefficient (Wildman–Crippen LogP) is 2.61. The predicted molar refractivity (Wildman–Crippen MR) is 87.3 cm³/mol. The van der Waals surface area contributed by atoms with Gasteiger partial charge in [-0.15, -0.1) is 11.3 Å². The second-order valence-corrected chi connectivity index (χ2v) is 5.87. The van der Waals surface area contributed by atoms with Crippen molar-refractivity contribution in [2.75, 3.05) is 6.54 Å². The summed E-state index contributed by atoms with van der Waals surface area (Å²) in [5.74, 6) is 5.77. The summed E-state index contributed by atoms with van der Waals surface area (Å²) in [6.07, 6.45) is 0. The average molecular weight is 298 g/mol. The molecule has 3 N–H and O–H groups in total. The van der Waals surface area contributed by atoms with Crippen molar-refractivity contribution in [1.82, 2.24) is 5.32 Å². The third-order valence-corrected chi connectivity index (χ3v) is 4.25. The Morgan fingerprint density at radius 1 is 1.29 bits per heavy atom. The highest BCUT2D eigenvalue weighted by molar-refractivity contribution is 7.12. The lowest BCUT2D eigenvalue weighted by atomic mass is 10.0. The maximum Gasteiger partial charge on any atom is 0.251 e. The lowest BCUT2D eigenvalue weighted by Crippen LogP contribution is -2.23. The zero-order chi connectivity index (χ0) is 15.2. The van der Waals surface area contributed by atoms with Gasteiger partial charge in [0.05, 0.1) is 18.0 Å². The lowest BCUT2D eigenvalue weighted by molar-refractivity contribution is 0.0950. The molecule has 0 spiro atoms. The van der Waals surface area contributed by atoms with E-state index in [0.29, 0.717) is 13.1 Å². The van der Waals surface area contributed by atoms with Crippen molar-refractivity contribution in [2.45, 2.75) is 20.4 Å². The highest BCUT2D eigenvalue weighted by Gasteiger charge is 2.10. The van der Waals surface area contributed by atoms with Crippen LogP contribution in [0.5, 0.6) is 0 Å². The Hall–Kier alpha value is -2.09. The summed E-state index contributed by atoms with van der Waals surface area (Å²) in [5, 5.41) is 2.95. The van der Waals surface area contributed by atoms with Gasteiger partial charge < -0.3 is 11.1 Å². The Bertz CT molecular complexity index is 707. The van der Waals surface area contributed by atoms with Crippen molar-refractivity contribution in [3.63, 3.8) is 0 Å². The van der Waals surface area contributed by atoms with Crippen LogP contribution in [0.3, 0.4) is 0 Å². The molecule has 2 rings (SSSR count). The number of amides is 1. The number of rotatable bonds is 3. The van der Waals surface area contributed by atoms with E-state index in [-0.39, 0.29) is 5.91 Å². The number of benzene rings is 1. The second-order valence-electron chi connectivity index (χ2n) is 4.70. The van der Waals surface area contributed by atoms with Gasteiger partial charge in [-0.25, -0.2) is 0 Å². The molecule has 1 amide bonds. The summed E-state index contributed by atoms with van der Waals surface area (Å²) in [6.45, 7) is 4.85. The molecule has 3 nitrogen and oxygen atoms in total. The summed E-state index contributed by atoms with van der Waals surface area (Å²) in [7, 11) is 0. The van der Waals surface area contributed by atoms with E-state index in [9.17, 15) is 4.79 Å². The Morgan fingerprint density at radius 3 is 2.86 bits per heavy atom. The standard InChI is InChI=1S/C17H18N2OS/c1-12-5-3-7-16(13(12)2)17(20)19-11-15-9-8-14(21-15)6-4-10-18/h3,5,7-9H,10-11,18H2,1-2H3,(H,19,20). The monoisotopic (exact) mass is 298 g/mol. The van der Waals surface area contributed by atoms with Crippen LogP contribution in [0.1, 0.15) is 31.2 Å². The van der Waals surface area contributed by atoms with Crippen molar-refractivity contribution in [3.8, 4) is 11.8 Å². The van der Waals surface area contributed by atoms with E-state index in [1.54, 1.807) is 11.3 Å². The average Bonchev–Trinajstić information content (AvgIpc) is 2.93. The molecule has 1 aromatic heterocycles. The third-order valence-electron chi connectivity index (χ3n) is 3.25. The number of carbonyl (C=O) groups excluding carboxylic acids is 1. The maximum absolute atomic E-state index is 12.2. The minimum Gasteiger partial charge on any atom is -0.347 e. The highest BCUT2D eigenvalue weighted by Crippen LogP contribution is 2.16. The normalized spacial score (nSPS) is 9.86. The zero-order valence-corrected chi connectivity index (χ0v) is 13.0. The molecule has 0 unspecified atom stereocenters. The summed E-state index contributed by atoms with van der Waals surface area (Å²) in [4.78, 5) is 14.3. The molecule has 1 heterocycles. The fourth-order valence-electron chi connectivity index (χ4n) is 1.94. The van der Waals surface area contributed by atoms with Crippen LogP contribution in [0.4, 0.5) is 0 Å².